The number of esters is 2. The lowest BCUT2D eigenvalue weighted by atomic mass is 9.85. The summed E-state index contributed by atoms with van der Waals surface area (Å²) in [6, 6.07) is 13.0. The van der Waals surface area contributed by atoms with Crippen molar-refractivity contribution < 1.29 is 24.2 Å². The molecule has 0 radical (unpaired) electrons. The number of aromatic amines is 1. The molecular formula is C21H19NO6. The molecule has 1 aromatic heterocycles. The van der Waals surface area contributed by atoms with Crippen molar-refractivity contribution in [2.45, 2.75) is 12.3 Å². The predicted octanol–water partition coefficient (Wildman–Crippen LogP) is 2.72. The number of ether oxygens (including phenoxy) is 2. The molecule has 0 fully saturated rings. The van der Waals surface area contributed by atoms with Crippen LogP contribution in [0.4, 0.5) is 0 Å². The summed E-state index contributed by atoms with van der Waals surface area (Å²) in [6.07, 6.45) is 0.900. The fraction of sp³-hybridized carbons (Fsp3) is 0.190. The highest BCUT2D eigenvalue weighted by Crippen LogP contribution is 2.37. The van der Waals surface area contributed by atoms with Crippen LogP contribution >= 0.6 is 0 Å². The van der Waals surface area contributed by atoms with Crippen LogP contribution in [0.3, 0.4) is 0 Å². The molecule has 0 spiro atoms. The zero-order valence-electron chi connectivity index (χ0n) is 15.4. The predicted molar refractivity (Wildman–Crippen MR) is 102 cm³/mol. The molecule has 3 rings (SSSR count). The van der Waals surface area contributed by atoms with Crippen LogP contribution < -0.4 is 5.56 Å². The Morgan fingerprint density at radius 1 is 1.07 bits per heavy atom. The third-order valence-corrected chi connectivity index (χ3v) is 4.65. The number of hydrogen-bond acceptors (Lipinski definition) is 6. The van der Waals surface area contributed by atoms with Crippen molar-refractivity contribution in [3.05, 3.63) is 75.7 Å². The third-order valence-electron chi connectivity index (χ3n) is 4.65. The molecule has 7 heteroatoms. The molecule has 0 unspecified atom stereocenters. The van der Waals surface area contributed by atoms with Gasteiger partial charge in [-0.1, -0.05) is 42.5 Å². The summed E-state index contributed by atoms with van der Waals surface area (Å²) >= 11 is 0. The molecule has 0 aliphatic carbocycles. The van der Waals surface area contributed by atoms with E-state index >= 15 is 0 Å². The second kappa shape index (κ2) is 7.96. The van der Waals surface area contributed by atoms with Crippen molar-refractivity contribution in [2.75, 3.05) is 14.2 Å². The van der Waals surface area contributed by atoms with E-state index in [4.69, 9.17) is 4.74 Å². The summed E-state index contributed by atoms with van der Waals surface area (Å²) in [5, 5.41) is 12.4. The van der Waals surface area contributed by atoms with Gasteiger partial charge in [0, 0.05) is 12.1 Å². The lowest BCUT2D eigenvalue weighted by Gasteiger charge is -2.20. The van der Waals surface area contributed by atoms with E-state index in [1.807, 2.05) is 30.3 Å². The molecule has 7 nitrogen and oxygen atoms in total. The SMILES string of the molecule is COC(=O)C[C@H](c1c(O)c(C(=O)OC)c[nH]c1=O)c1cccc2ccccc12. The highest BCUT2D eigenvalue weighted by molar-refractivity contribution is 5.93. The summed E-state index contributed by atoms with van der Waals surface area (Å²) in [4.78, 5) is 39.1. The standard InChI is InChI=1S/C21H19NO6/c1-27-17(23)10-15(14-9-5-7-12-6-3-4-8-13(12)14)18-19(24)16(21(26)28-2)11-22-20(18)25/h3-9,11,15H,10H2,1-2H3,(H2,22,24,25)/t15-/m0/s1. The molecule has 28 heavy (non-hydrogen) atoms. The Morgan fingerprint density at radius 2 is 1.79 bits per heavy atom. The number of hydrogen-bond donors (Lipinski definition) is 2. The number of H-pyrrole nitrogens is 1. The Kier molecular flexibility index (Phi) is 5.44. The van der Waals surface area contributed by atoms with Gasteiger partial charge in [-0.25, -0.2) is 4.79 Å². The Bertz CT molecular complexity index is 1100. The van der Waals surface area contributed by atoms with Crippen LogP contribution in [0.2, 0.25) is 0 Å². The van der Waals surface area contributed by atoms with E-state index in [-0.39, 0.29) is 17.5 Å². The van der Waals surface area contributed by atoms with Gasteiger partial charge in [-0.15, -0.1) is 0 Å². The lowest BCUT2D eigenvalue weighted by Crippen LogP contribution is -2.22. The van der Waals surface area contributed by atoms with Crippen LogP contribution in [0.5, 0.6) is 5.75 Å². The van der Waals surface area contributed by atoms with Crippen LogP contribution in [-0.4, -0.2) is 36.2 Å². The molecule has 0 aliphatic heterocycles. The normalized spacial score (nSPS) is 11.8. The number of methoxy groups -OCH3 is 2. The Balaban J connectivity index is 2.29. The highest BCUT2D eigenvalue weighted by atomic mass is 16.5. The fourth-order valence-corrected chi connectivity index (χ4v) is 3.30. The topological polar surface area (TPSA) is 106 Å². The first-order valence-corrected chi connectivity index (χ1v) is 8.55. The van der Waals surface area contributed by atoms with Crippen molar-refractivity contribution in [2.24, 2.45) is 0 Å². The average molecular weight is 381 g/mol. The summed E-state index contributed by atoms with van der Waals surface area (Å²) in [7, 11) is 2.42. The molecule has 1 heterocycles. The molecule has 0 saturated carbocycles. The molecule has 3 aromatic rings. The van der Waals surface area contributed by atoms with E-state index in [1.165, 1.54) is 14.2 Å². The van der Waals surface area contributed by atoms with E-state index in [0.29, 0.717) is 5.56 Å². The number of aromatic hydroxyl groups is 1. The molecule has 2 aromatic carbocycles. The first-order chi connectivity index (χ1) is 13.5. The Morgan fingerprint density at radius 3 is 2.50 bits per heavy atom. The van der Waals surface area contributed by atoms with Crippen molar-refractivity contribution in [1.82, 2.24) is 4.98 Å². The minimum Gasteiger partial charge on any atom is -0.506 e. The quantitative estimate of drug-likeness (QED) is 0.659. The first kappa shape index (κ1) is 19.2. The van der Waals surface area contributed by atoms with Gasteiger partial charge in [0.15, 0.2) is 0 Å². The van der Waals surface area contributed by atoms with Crippen LogP contribution in [0.15, 0.2) is 53.5 Å². The van der Waals surface area contributed by atoms with E-state index in [9.17, 15) is 19.5 Å². The second-order valence-electron chi connectivity index (χ2n) is 6.19. The van der Waals surface area contributed by atoms with Gasteiger partial charge in [-0.2, -0.15) is 0 Å². The highest BCUT2D eigenvalue weighted by Gasteiger charge is 2.29. The first-order valence-electron chi connectivity index (χ1n) is 8.55. The van der Waals surface area contributed by atoms with Crippen molar-refractivity contribution in [3.8, 4) is 5.75 Å². The van der Waals surface area contributed by atoms with Gasteiger partial charge in [0.05, 0.1) is 26.2 Å². The Hall–Kier alpha value is -3.61. The molecule has 2 N–H and O–H groups in total. The number of nitrogens with one attached hydrogen (secondary N) is 1. The second-order valence-corrected chi connectivity index (χ2v) is 6.19. The number of pyridine rings is 1. The molecule has 144 valence electrons. The van der Waals surface area contributed by atoms with Crippen LogP contribution in [0, 0.1) is 0 Å². The van der Waals surface area contributed by atoms with E-state index in [2.05, 4.69) is 9.72 Å². The van der Waals surface area contributed by atoms with Gasteiger partial charge < -0.3 is 19.6 Å². The van der Waals surface area contributed by atoms with Crippen LogP contribution in [0.1, 0.15) is 33.8 Å². The van der Waals surface area contributed by atoms with Gasteiger partial charge in [0.25, 0.3) is 5.56 Å². The van der Waals surface area contributed by atoms with Crippen LogP contribution in [0.25, 0.3) is 10.8 Å². The van der Waals surface area contributed by atoms with Crippen molar-refractivity contribution in [1.29, 1.82) is 0 Å². The summed E-state index contributed by atoms with van der Waals surface area (Å²) in [5.41, 5.74) is -0.227. The number of fused-ring (bicyclic) bond motifs is 1. The zero-order chi connectivity index (χ0) is 20.3. The average Bonchev–Trinajstić information content (AvgIpc) is 2.72. The van der Waals surface area contributed by atoms with Gasteiger partial charge in [0.2, 0.25) is 0 Å². The van der Waals surface area contributed by atoms with Gasteiger partial charge in [-0.3, -0.25) is 9.59 Å². The molecule has 0 amide bonds. The molecule has 1 atom stereocenters. The largest absolute Gasteiger partial charge is 0.506 e. The molecule has 0 saturated heterocycles. The van der Waals surface area contributed by atoms with Gasteiger partial charge >= 0.3 is 11.9 Å². The van der Waals surface area contributed by atoms with Crippen LogP contribution in [-0.2, 0) is 14.3 Å². The molecule has 0 bridgehead atoms. The third kappa shape index (κ3) is 3.46. The lowest BCUT2D eigenvalue weighted by molar-refractivity contribution is -0.140. The summed E-state index contributed by atoms with van der Waals surface area (Å²) < 4.78 is 9.45. The fourth-order valence-electron chi connectivity index (χ4n) is 3.30. The summed E-state index contributed by atoms with van der Waals surface area (Å²) in [5.74, 6) is -2.70. The number of aromatic nitrogens is 1. The minimum absolute atomic E-state index is 0.0929. The number of carbonyl (C=O) groups excluding carboxylic acids is 2. The maximum Gasteiger partial charge on any atom is 0.343 e. The summed E-state index contributed by atoms with van der Waals surface area (Å²) in [6.45, 7) is 0. The van der Waals surface area contributed by atoms with Crippen molar-refractivity contribution >= 4 is 22.7 Å². The number of benzene rings is 2. The van der Waals surface area contributed by atoms with E-state index in [0.717, 1.165) is 17.0 Å². The number of carbonyl (C=O) groups is 2. The molecule has 0 aliphatic rings. The Labute approximate surface area is 160 Å². The van der Waals surface area contributed by atoms with E-state index < -0.39 is 29.2 Å². The number of rotatable bonds is 5. The minimum atomic E-state index is -0.827. The maximum atomic E-state index is 12.6. The zero-order valence-corrected chi connectivity index (χ0v) is 15.4. The molecular weight excluding hydrogens is 362 g/mol. The monoisotopic (exact) mass is 381 g/mol. The van der Waals surface area contributed by atoms with Gasteiger partial charge in [0.1, 0.15) is 11.3 Å². The van der Waals surface area contributed by atoms with Gasteiger partial charge in [-0.05, 0) is 16.3 Å². The maximum absolute atomic E-state index is 12.6. The van der Waals surface area contributed by atoms with Crippen molar-refractivity contribution in [3.63, 3.8) is 0 Å². The van der Waals surface area contributed by atoms with E-state index in [1.54, 1.807) is 12.1 Å². The smallest absolute Gasteiger partial charge is 0.343 e.